The van der Waals surface area contributed by atoms with Crippen LogP contribution in [0.15, 0.2) is 35.1 Å². The summed E-state index contributed by atoms with van der Waals surface area (Å²) in [6, 6.07) is 7.88. The van der Waals surface area contributed by atoms with Crippen LogP contribution in [-0.2, 0) is 11.2 Å². The summed E-state index contributed by atoms with van der Waals surface area (Å²) in [6.07, 6.45) is 8.53. The Hall–Kier alpha value is -2.95. The maximum atomic E-state index is 13.2. The molecule has 136 valence electrons. The Bertz CT molecular complexity index is 1110. The Kier molecular flexibility index (Phi) is 3.32. The van der Waals surface area contributed by atoms with Gasteiger partial charge in [-0.25, -0.2) is 4.98 Å². The van der Waals surface area contributed by atoms with E-state index in [1.165, 1.54) is 5.56 Å². The van der Waals surface area contributed by atoms with Crippen LogP contribution in [0.5, 0.6) is 0 Å². The number of carboxylic acids is 1. The fourth-order valence-corrected chi connectivity index (χ4v) is 4.43. The van der Waals surface area contributed by atoms with E-state index in [-0.39, 0.29) is 11.6 Å². The SMILES string of the molecule is Cc1ccccc1/C=C1/CCCc2c1nc1n(c2=O)C2CC2(C(=O)O)C=C1. The van der Waals surface area contributed by atoms with Crippen LogP contribution in [0.2, 0.25) is 0 Å². The first-order chi connectivity index (χ1) is 13.0. The topological polar surface area (TPSA) is 72.2 Å². The summed E-state index contributed by atoms with van der Waals surface area (Å²) in [4.78, 5) is 29.6. The first-order valence-corrected chi connectivity index (χ1v) is 9.36. The summed E-state index contributed by atoms with van der Waals surface area (Å²) in [5.41, 5.74) is 3.95. The summed E-state index contributed by atoms with van der Waals surface area (Å²) in [5.74, 6) is -0.283. The molecule has 27 heavy (non-hydrogen) atoms. The minimum atomic E-state index is -0.915. The number of carbonyl (C=O) groups is 1. The molecule has 5 rings (SSSR count). The molecule has 5 nitrogen and oxygen atoms in total. The zero-order valence-corrected chi connectivity index (χ0v) is 15.1. The predicted molar refractivity (Wildman–Crippen MR) is 103 cm³/mol. The quantitative estimate of drug-likeness (QED) is 0.890. The van der Waals surface area contributed by atoms with Crippen LogP contribution in [0.25, 0.3) is 17.7 Å². The molecule has 1 saturated carbocycles. The number of aliphatic carboxylic acids is 1. The number of aromatic nitrogens is 2. The molecule has 0 saturated heterocycles. The van der Waals surface area contributed by atoms with Gasteiger partial charge in [0.2, 0.25) is 0 Å². The van der Waals surface area contributed by atoms with E-state index in [1.54, 1.807) is 16.7 Å². The fourth-order valence-electron chi connectivity index (χ4n) is 4.43. The second-order valence-electron chi connectivity index (χ2n) is 7.75. The molecule has 2 heterocycles. The highest BCUT2D eigenvalue weighted by atomic mass is 16.4. The van der Waals surface area contributed by atoms with E-state index >= 15 is 0 Å². The van der Waals surface area contributed by atoms with Gasteiger partial charge in [-0.15, -0.1) is 0 Å². The standard InChI is InChI=1S/C22H20N2O3/c1-13-5-2-3-6-14(13)11-15-7-4-8-16-19(15)23-18-9-10-22(21(26)27)12-17(22)24(18)20(16)25/h2-3,5-6,9-11,17H,4,7-8,12H2,1H3,(H,26,27)/b15-11-. The smallest absolute Gasteiger partial charge is 0.315 e. The monoisotopic (exact) mass is 360 g/mol. The highest BCUT2D eigenvalue weighted by molar-refractivity contribution is 5.85. The minimum Gasteiger partial charge on any atom is -0.481 e. The van der Waals surface area contributed by atoms with Gasteiger partial charge < -0.3 is 5.11 Å². The summed E-state index contributed by atoms with van der Waals surface area (Å²) in [6.45, 7) is 2.08. The van der Waals surface area contributed by atoms with Crippen molar-refractivity contribution >= 4 is 23.7 Å². The second-order valence-corrected chi connectivity index (χ2v) is 7.75. The molecular formula is C22H20N2O3. The molecule has 5 heteroatoms. The predicted octanol–water partition coefficient (Wildman–Crippen LogP) is 3.47. The van der Waals surface area contributed by atoms with E-state index in [0.717, 1.165) is 35.2 Å². The third kappa shape index (κ3) is 2.27. The maximum absolute atomic E-state index is 13.2. The third-order valence-electron chi connectivity index (χ3n) is 6.14. The Morgan fingerprint density at radius 1 is 1.33 bits per heavy atom. The highest BCUT2D eigenvalue weighted by Crippen LogP contribution is 2.59. The molecule has 1 aromatic heterocycles. The van der Waals surface area contributed by atoms with Crippen LogP contribution in [0.4, 0.5) is 0 Å². The van der Waals surface area contributed by atoms with E-state index in [1.807, 2.05) is 12.1 Å². The fraction of sp³-hybridized carbons (Fsp3) is 0.318. The lowest BCUT2D eigenvalue weighted by Crippen LogP contribution is -2.33. The molecule has 2 atom stereocenters. The first-order valence-electron chi connectivity index (χ1n) is 9.36. The van der Waals surface area contributed by atoms with Crippen molar-refractivity contribution < 1.29 is 9.90 Å². The molecule has 0 radical (unpaired) electrons. The molecule has 1 aliphatic heterocycles. The van der Waals surface area contributed by atoms with Crippen molar-refractivity contribution in [2.45, 2.75) is 38.6 Å². The van der Waals surface area contributed by atoms with Gasteiger partial charge in [0.1, 0.15) is 11.2 Å². The number of aryl methyl sites for hydroxylation is 1. The summed E-state index contributed by atoms with van der Waals surface area (Å²) in [5, 5.41) is 9.53. The number of rotatable bonds is 2. The molecular weight excluding hydrogens is 340 g/mol. The second kappa shape index (κ2) is 5.52. The van der Waals surface area contributed by atoms with E-state index in [9.17, 15) is 14.7 Å². The number of allylic oxidation sites excluding steroid dienone is 1. The van der Waals surface area contributed by atoms with Gasteiger partial charge in [-0.3, -0.25) is 14.2 Å². The number of hydrogen-bond acceptors (Lipinski definition) is 3. The van der Waals surface area contributed by atoms with Crippen LogP contribution in [-0.4, -0.2) is 20.6 Å². The van der Waals surface area contributed by atoms with Gasteiger partial charge in [0.05, 0.1) is 11.7 Å². The highest BCUT2D eigenvalue weighted by Gasteiger charge is 2.62. The summed E-state index contributed by atoms with van der Waals surface area (Å²) in [7, 11) is 0. The van der Waals surface area contributed by atoms with Crippen LogP contribution >= 0.6 is 0 Å². The maximum Gasteiger partial charge on any atom is 0.315 e. The molecule has 1 aromatic carbocycles. The van der Waals surface area contributed by atoms with Gasteiger partial charge in [-0.2, -0.15) is 0 Å². The molecule has 3 aliphatic rings. The van der Waals surface area contributed by atoms with E-state index in [0.29, 0.717) is 18.7 Å². The van der Waals surface area contributed by atoms with Crippen molar-refractivity contribution in [3.63, 3.8) is 0 Å². The molecule has 0 amide bonds. The van der Waals surface area contributed by atoms with Crippen molar-refractivity contribution in [2.24, 2.45) is 5.41 Å². The zero-order chi connectivity index (χ0) is 18.8. The average molecular weight is 360 g/mol. The zero-order valence-electron chi connectivity index (χ0n) is 15.1. The Labute approximate surface area is 156 Å². The van der Waals surface area contributed by atoms with Crippen molar-refractivity contribution in [1.82, 2.24) is 9.55 Å². The number of fused-ring (bicyclic) bond motifs is 4. The first kappa shape index (κ1) is 16.2. The van der Waals surface area contributed by atoms with E-state index in [4.69, 9.17) is 4.98 Å². The molecule has 2 unspecified atom stereocenters. The number of nitrogens with zero attached hydrogens (tertiary/aromatic N) is 2. The van der Waals surface area contributed by atoms with Crippen LogP contribution in [0.3, 0.4) is 0 Å². The average Bonchev–Trinajstić information content (AvgIpc) is 3.40. The Morgan fingerprint density at radius 3 is 2.93 bits per heavy atom. The lowest BCUT2D eigenvalue weighted by Gasteiger charge is -2.23. The minimum absolute atomic E-state index is 0.0668. The Morgan fingerprint density at radius 2 is 2.15 bits per heavy atom. The number of benzene rings is 1. The van der Waals surface area contributed by atoms with E-state index in [2.05, 4.69) is 25.1 Å². The van der Waals surface area contributed by atoms with Crippen LogP contribution in [0, 0.1) is 12.3 Å². The van der Waals surface area contributed by atoms with Crippen molar-refractivity contribution in [1.29, 1.82) is 0 Å². The van der Waals surface area contributed by atoms with Gasteiger partial charge in [0.15, 0.2) is 0 Å². The number of hydrogen-bond donors (Lipinski definition) is 1. The van der Waals surface area contributed by atoms with Crippen molar-refractivity contribution in [3.05, 3.63) is 68.9 Å². The van der Waals surface area contributed by atoms with E-state index < -0.39 is 11.4 Å². The third-order valence-corrected chi connectivity index (χ3v) is 6.14. The van der Waals surface area contributed by atoms with Gasteiger partial charge in [-0.05, 0) is 61.5 Å². The van der Waals surface area contributed by atoms with Crippen LogP contribution in [0.1, 0.15) is 53.5 Å². The lowest BCUT2D eigenvalue weighted by molar-refractivity contribution is -0.141. The van der Waals surface area contributed by atoms with Crippen molar-refractivity contribution in [2.75, 3.05) is 0 Å². The molecule has 1 N–H and O–H groups in total. The largest absolute Gasteiger partial charge is 0.481 e. The summed E-state index contributed by atoms with van der Waals surface area (Å²) < 4.78 is 1.61. The molecule has 2 aliphatic carbocycles. The van der Waals surface area contributed by atoms with Gasteiger partial charge in [0.25, 0.3) is 5.56 Å². The molecule has 0 bridgehead atoms. The van der Waals surface area contributed by atoms with Crippen LogP contribution < -0.4 is 5.56 Å². The van der Waals surface area contributed by atoms with Gasteiger partial charge in [-0.1, -0.05) is 30.3 Å². The summed E-state index contributed by atoms with van der Waals surface area (Å²) >= 11 is 0. The van der Waals surface area contributed by atoms with Crippen molar-refractivity contribution in [3.8, 4) is 0 Å². The molecule has 2 aromatic rings. The molecule has 0 spiro atoms. The molecule has 1 fully saturated rings. The Balaban J connectivity index is 1.66. The normalized spacial score (nSPS) is 26.3. The lowest BCUT2D eigenvalue weighted by atomic mass is 9.90. The number of carboxylic acid groups (broad SMARTS) is 1. The van der Waals surface area contributed by atoms with Gasteiger partial charge in [0, 0.05) is 5.56 Å². The van der Waals surface area contributed by atoms with Gasteiger partial charge >= 0.3 is 5.97 Å².